The molecule has 128 valence electrons. The smallest absolute Gasteiger partial charge is 0.0965 e. The third kappa shape index (κ3) is 2.19. The molecule has 0 bridgehead atoms. The fourth-order valence-corrected chi connectivity index (χ4v) is 3.95. The molecule has 0 unspecified atom stereocenters. The molecule has 0 saturated heterocycles. The molecule has 26 heavy (non-hydrogen) atoms. The van der Waals surface area contributed by atoms with Gasteiger partial charge in [0, 0.05) is 17.4 Å². The van der Waals surface area contributed by atoms with Crippen molar-refractivity contribution in [1.29, 1.82) is 0 Å². The summed E-state index contributed by atoms with van der Waals surface area (Å²) in [4.78, 5) is 9.87. The Labute approximate surface area is 156 Å². The quantitative estimate of drug-likeness (QED) is 0.481. The molecule has 5 heteroatoms. The van der Waals surface area contributed by atoms with Crippen LogP contribution in [0.4, 0.5) is 0 Å². The third-order valence-electron chi connectivity index (χ3n) is 5.03. The monoisotopic (exact) mass is 360 g/mol. The Morgan fingerprint density at radius 1 is 0.962 bits per heavy atom. The summed E-state index contributed by atoms with van der Waals surface area (Å²) in [7, 11) is 0. The highest BCUT2D eigenvalue weighted by Gasteiger charge is 2.36. The summed E-state index contributed by atoms with van der Waals surface area (Å²) in [6.07, 6.45) is 2.71. The second-order valence-electron chi connectivity index (χ2n) is 7.34. The van der Waals surface area contributed by atoms with Crippen LogP contribution in [0, 0.1) is 0 Å². The molecule has 5 rings (SSSR count). The van der Waals surface area contributed by atoms with Gasteiger partial charge in [0.15, 0.2) is 0 Å². The van der Waals surface area contributed by atoms with Crippen molar-refractivity contribution >= 4 is 22.6 Å². The molecule has 1 aliphatic rings. The van der Waals surface area contributed by atoms with Gasteiger partial charge in [-0.25, -0.2) is 14.6 Å². The average Bonchev–Trinajstić information content (AvgIpc) is 3.04. The molecule has 1 aliphatic carbocycles. The predicted molar refractivity (Wildman–Crippen MR) is 104 cm³/mol. The highest BCUT2D eigenvalue weighted by molar-refractivity contribution is 6.32. The fraction of sp³-hybridized carbons (Fsp3) is 0.190. The van der Waals surface area contributed by atoms with E-state index in [2.05, 4.69) is 18.9 Å². The number of benzene rings is 2. The second kappa shape index (κ2) is 5.39. The first-order valence-corrected chi connectivity index (χ1v) is 9.02. The van der Waals surface area contributed by atoms with Crippen LogP contribution in [0.3, 0.4) is 0 Å². The number of hydrogen-bond acceptors (Lipinski definition) is 3. The first-order valence-electron chi connectivity index (χ1n) is 8.64. The third-order valence-corrected chi connectivity index (χ3v) is 5.35. The van der Waals surface area contributed by atoms with Crippen molar-refractivity contribution in [3.8, 4) is 16.9 Å². The van der Waals surface area contributed by atoms with Gasteiger partial charge < -0.3 is 0 Å². The van der Waals surface area contributed by atoms with Crippen molar-refractivity contribution in [3.05, 3.63) is 71.1 Å². The zero-order valence-corrected chi connectivity index (χ0v) is 15.3. The molecule has 2 heterocycles. The van der Waals surface area contributed by atoms with E-state index >= 15 is 0 Å². The van der Waals surface area contributed by atoms with Crippen molar-refractivity contribution in [3.63, 3.8) is 0 Å². The average molecular weight is 361 g/mol. The lowest BCUT2D eigenvalue weighted by molar-refractivity contribution is 0.486. The second-order valence-corrected chi connectivity index (χ2v) is 7.75. The lowest BCUT2D eigenvalue weighted by Crippen LogP contribution is -2.29. The largest absolute Gasteiger partial charge is 0.248 e. The molecule has 0 aliphatic heterocycles. The summed E-state index contributed by atoms with van der Waals surface area (Å²) in [5.41, 5.74) is 6.71. The molecular formula is C21H17ClN4. The Hall–Kier alpha value is -2.72. The first-order chi connectivity index (χ1) is 12.5. The van der Waals surface area contributed by atoms with Crippen LogP contribution in [-0.2, 0) is 11.8 Å². The summed E-state index contributed by atoms with van der Waals surface area (Å²) in [5.74, 6) is 0. The van der Waals surface area contributed by atoms with Crippen molar-refractivity contribution in [1.82, 2.24) is 19.7 Å². The van der Waals surface area contributed by atoms with Crippen LogP contribution >= 0.6 is 11.6 Å². The van der Waals surface area contributed by atoms with E-state index in [0.717, 1.165) is 45.8 Å². The summed E-state index contributed by atoms with van der Waals surface area (Å²) in [6, 6.07) is 15.8. The van der Waals surface area contributed by atoms with Crippen LogP contribution in [0.15, 0.2) is 54.7 Å². The molecule has 0 saturated carbocycles. The Bertz CT molecular complexity index is 1160. The maximum atomic E-state index is 6.42. The number of fused-ring (bicyclic) bond motifs is 4. The van der Waals surface area contributed by atoms with Gasteiger partial charge in [-0.1, -0.05) is 49.7 Å². The molecule has 4 nitrogen and oxygen atoms in total. The minimum absolute atomic E-state index is 0.140. The van der Waals surface area contributed by atoms with E-state index in [9.17, 15) is 0 Å². The minimum atomic E-state index is -0.140. The van der Waals surface area contributed by atoms with Gasteiger partial charge in [0.25, 0.3) is 0 Å². The zero-order chi connectivity index (χ0) is 17.9. The number of halogens is 1. The van der Waals surface area contributed by atoms with Crippen molar-refractivity contribution in [2.75, 3.05) is 0 Å². The molecule has 0 atom stereocenters. The molecule has 0 radical (unpaired) electrons. The highest BCUT2D eigenvalue weighted by atomic mass is 35.5. The normalized spacial score (nSPS) is 14.9. The van der Waals surface area contributed by atoms with Gasteiger partial charge in [0.05, 0.1) is 45.0 Å². The Morgan fingerprint density at radius 2 is 1.65 bits per heavy atom. The molecule has 2 aromatic heterocycles. The van der Waals surface area contributed by atoms with Crippen molar-refractivity contribution in [2.45, 2.75) is 25.7 Å². The van der Waals surface area contributed by atoms with Crippen LogP contribution in [-0.4, -0.2) is 19.7 Å². The molecular weight excluding hydrogens is 344 g/mol. The van der Waals surface area contributed by atoms with E-state index in [1.54, 1.807) is 0 Å². The molecule has 2 aromatic carbocycles. The maximum absolute atomic E-state index is 6.42. The Kier molecular flexibility index (Phi) is 3.22. The molecule has 0 spiro atoms. The fourth-order valence-electron chi connectivity index (χ4n) is 3.73. The van der Waals surface area contributed by atoms with E-state index in [1.807, 2.05) is 59.4 Å². The number of aromatic nitrogens is 4. The van der Waals surface area contributed by atoms with Gasteiger partial charge in [-0.2, -0.15) is 5.10 Å². The first kappa shape index (κ1) is 15.5. The SMILES string of the molecule is CC1(C)Cc2c(cnn2-c2ccccc2Cl)-c2nc3ccccc3nc21. The van der Waals surface area contributed by atoms with E-state index in [1.165, 1.54) is 0 Å². The summed E-state index contributed by atoms with van der Waals surface area (Å²) in [6.45, 7) is 4.42. The van der Waals surface area contributed by atoms with Crippen LogP contribution < -0.4 is 0 Å². The highest BCUT2D eigenvalue weighted by Crippen LogP contribution is 2.42. The van der Waals surface area contributed by atoms with E-state index in [4.69, 9.17) is 21.6 Å². The van der Waals surface area contributed by atoms with Gasteiger partial charge in [0.2, 0.25) is 0 Å². The van der Waals surface area contributed by atoms with E-state index < -0.39 is 0 Å². The van der Waals surface area contributed by atoms with Crippen LogP contribution in [0.2, 0.25) is 5.02 Å². The number of hydrogen-bond donors (Lipinski definition) is 0. The van der Waals surface area contributed by atoms with Crippen molar-refractivity contribution in [2.24, 2.45) is 0 Å². The minimum Gasteiger partial charge on any atom is -0.248 e. The summed E-state index contributed by atoms with van der Waals surface area (Å²) >= 11 is 6.42. The van der Waals surface area contributed by atoms with Gasteiger partial charge in [-0.15, -0.1) is 0 Å². The molecule has 0 fully saturated rings. The standard InChI is InChI=1S/C21H17ClN4/c1-21(2)11-18-13(12-23-26(18)17-10-6-3-7-14(17)22)19-20(21)25-16-9-5-4-8-15(16)24-19/h3-10,12H,11H2,1-2H3. The zero-order valence-electron chi connectivity index (χ0n) is 14.6. The van der Waals surface area contributed by atoms with Gasteiger partial charge in [-0.3, -0.25) is 0 Å². The van der Waals surface area contributed by atoms with Crippen LogP contribution in [0.1, 0.15) is 25.2 Å². The predicted octanol–water partition coefficient (Wildman–Crippen LogP) is 4.97. The van der Waals surface area contributed by atoms with Crippen LogP contribution in [0.5, 0.6) is 0 Å². The van der Waals surface area contributed by atoms with E-state index in [0.29, 0.717) is 5.02 Å². The maximum Gasteiger partial charge on any atom is 0.0965 e. The lowest BCUT2D eigenvalue weighted by Gasteiger charge is -2.31. The number of nitrogens with zero attached hydrogens (tertiary/aromatic N) is 4. The summed E-state index contributed by atoms with van der Waals surface area (Å²) in [5, 5.41) is 5.32. The lowest BCUT2D eigenvalue weighted by atomic mass is 9.77. The Balaban J connectivity index is 1.80. The molecule has 0 N–H and O–H groups in total. The molecule has 0 amide bonds. The summed E-state index contributed by atoms with van der Waals surface area (Å²) < 4.78 is 1.94. The number of rotatable bonds is 1. The van der Waals surface area contributed by atoms with E-state index in [-0.39, 0.29) is 5.41 Å². The topological polar surface area (TPSA) is 43.6 Å². The van der Waals surface area contributed by atoms with Gasteiger partial charge in [-0.05, 0) is 24.3 Å². The Morgan fingerprint density at radius 3 is 2.42 bits per heavy atom. The molecule has 4 aromatic rings. The van der Waals surface area contributed by atoms with Gasteiger partial charge in [0.1, 0.15) is 0 Å². The van der Waals surface area contributed by atoms with Crippen molar-refractivity contribution < 1.29 is 0 Å². The number of para-hydroxylation sites is 3. The van der Waals surface area contributed by atoms with Gasteiger partial charge >= 0.3 is 0 Å². The van der Waals surface area contributed by atoms with Crippen LogP contribution in [0.25, 0.3) is 28.0 Å².